The summed E-state index contributed by atoms with van der Waals surface area (Å²) in [6, 6.07) is 5.23. The second-order valence-electron chi connectivity index (χ2n) is 3.28. The molecule has 0 aromatic heterocycles. The van der Waals surface area contributed by atoms with Gasteiger partial charge >= 0.3 is 0 Å². The summed E-state index contributed by atoms with van der Waals surface area (Å²) in [7, 11) is 0. The van der Waals surface area contributed by atoms with E-state index in [0.717, 1.165) is 25.1 Å². The van der Waals surface area contributed by atoms with Crippen molar-refractivity contribution in [2.45, 2.75) is 26.4 Å². The fraction of sp³-hybridized carbons (Fsp3) is 0.455. The predicted molar refractivity (Wildman–Crippen MR) is 57.4 cm³/mol. The molecule has 14 heavy (non-hydrogen) atoms. The van der Waals surface area contributed by atoms with Crippen LogP contribution in [0.5, 0.6) is 5.75 Å². The Balaban J connectivity index is 2.57. The zero-order valence-corrected chi connectivity index (χ0v) is 8.45. The Morgan fingerprint density at radius 3 is 2.71 bits per heavy atom. The van der Waals surface area contributed by atoms with Crippen LogP contribution in [0.25, 0.3) is 0 Å². The van der Waals surface area contributed by atoms with Crippen molar-refractivity contribution in [2.24, 2.45) is 0 Å². The van der Waals surface area contributed by atoms with E-state index in [1.807, 2.05) is 6.07 Å². The molecule has 1 aromatic carbocycles. The molecule has 0 radical (unpaired) electrons. The van der Waals surface area contributed by atoms with Gasteiger partial charge in [0.15, 0.2) is 0 Å². The number of aromatic hydroxyl groups is 1. The van der Waals surface area contributed by atoms with E-state index in [9.17, 15) is 5.11 Å². The summed E-state index contributed by atoms with van der Waals surface area (Å²) in [4.78, 5) is 0. The topological polar surface area (TPSA) is 52.5 Å². The first-order valence-corrected chi connectivity index (χ1v) is 4.94. The summed E-state index contributed by atoms with van der Waals surface area (Å²) in [5.74, 6) is 0.147. The fourth-order valence-electron chi connectivity index (χ4n) is 1.22. The molecular formula is C11H17NO2. The van der Waals surface area contributed by atoms with Crippen molar-refractivity contribution in [1.82, 2.24) is 0 Å². The normalized spacial score (nSPS) is 10.1. The first kappa shape index (κ1) is 10.9. The number of rotatable bonds is 5. The van der Waals surface area contributed by atoms with Crippen LogP contribution in [0.4, 0.5) is 5.69 Å². The maximum atomic E-state index is 9.45. The number of hydrogen-bond acceptors (Lipinski definition) is 3. The monoisotopic (exact) mass is 195 g/mol. The highest BCUT2D eigenvalue weighted by Gasteiger charge is 2.00. The summed E-state index contributed by atoms with van der Waals surface area (Å²) in [5.41, 5.74) is 1.46. The molecule has 0 saturated heterocycles. The number of aliphatic hydroxyl groups excluding tert-OH is 1. The van der Waals surface area contributed by atoms with Crippen LogP contribution < -0.4 is 5.32 Å². The average molecular weight is 195 g/mol. The minimum Gasteiger partial charge on any atom is -0.508 e. The molecule has 0 aliphatic rings. The standard InChI is InChI=1S/C11H17NO2/c1-2-3-6-12-10-5-4-9(8-13)11(14)7-10/h4-5,7,12-14H,2-3,6,8H2,1H3. The van der Waals surface area contributed by atoms with E-state index < -0.39 is 0 Å². The first-order chi connectivity index (χ1) is 6.77. The second-order valence-corrected chi connectivity index (χ2v) is 3.28. The van der Waals surface area contributed by atoms with E-state index in [-0.39, 0.29) is 12.4 Å². The smallest absolute Gasteiger partial charge is 0.123 e. The summed E-state index contributed by atoms with van der Waals surface area (Å²) < 4.78 is 0. The van der Waals surface area contributed by atoms with Crippen LogP contribution >= 0.6 is 0 Å². The Morgan fingerprint density at radius 1 is 1.36 bits per heavy atom. The Morgan fingerprint density at radius 2 is 2.14 bits per heavy atom. The van der Waals surface area contributed by atoms with Crippen LogP contribution in [0, 0.1) is 0 Å². The highest BCUT2D eigenvalue weighted by atomic mass is 16.3. The molecule has 3 nitrogen and oxygen atoms in total. The van der Waals surface area contributed by atoms with Crippen molar-refractivity contribution < 1.29 is 10.2 Å². The Bertz CT molecular complexity index is 287. The quantitative estimate of drug-likeness (QED) is 0.631. The molecule has 0 saturated carbocycles. The third-order valence-corrected chi connectivity index (χ3v) is 2.12. The summed E-state index contributed by atoms with van der Waals surface area (Å²) >= 11 is 0. The lowest BCUT2D eigenvalue weighted by molar-refractivity contribution is 0.275. The van der Waals surface area contributed by atoms with Gasteiger partial charge in [-0.25, -0.2) is 0 Å². The maximum absolute atomic E-state index is 9.45. The van der Waals surface area contributed by atoms with Gasteiger partial charge in [0.2, 0.25) is 0 Å². The van der Waals surface area contributed by atoms with Gasteiger partial charge in [-0.3, -0.25) is 0 Å². The molecule has 0 atom stereocenters. The van der Waals surface area contributed by atoms with Gasteiger partial charge in [0.1, 0.15) is 5.75 Å². The largest absolute Gasteiger partial charge is 0.508 e. The summed E-state index contributed by atoms with van der Waals surface area (Å²) in [5, 5.41) is 21.5. The molecule has 0 aliphatic carbocycles. The number of unbranched alkanes of at least 4 members (excludes halogenated alkanes) is 1. The number of aliphatic hydroxyl groups is 1. The number of hydrogen-bond donors (Lipinski definition) is 3. The van der Waals surface area contributed by atoms with Gasteiger partial charge in [-0.2, -0.15) is 0 Å². The number of benzene rings is 1. The first-order valence-electron chi connectivity index (χ1n) is 4.94. The second kappa shape index (κ2) is 5.50. The third kappa shape index (κ3) is 2.92. The fourth-order valence-corrected chi connectivity index (χ4v) is 1.22. The van der Waals surface area contributed by atoms with Crippen molar-refractivity contribution in [3.8, 4) is 5.75 Å². The van der Waals surface area contributed by atoms with E-state index in [4.69, 9.17) is 5.11 Å². The number of phenols is 1. The maximum Gasteiger partial charge on any atom is 0.123 e. The minimum atomic E-state index is -0.124. The average Bonchev–Trinajstić information content (AvgIpc) is 2.18. The molecule has 78 valence electrons. The number of nitrogens with one attached hydrogen (secondary N) is 1. The molecule has 3 N–H and O–H groups in total. The van der Waals surface area contributed by atoms with Gasteiger partial charge in [-0.15, -0.1) is 0 Å². The molecule has 0 amide bonds. The van der Waals surface area contributed by atoms with Gasteiger partial charge < -0.3 is 15.5 Å². The molecule has 0 fully saturated rings. The van der Waals surface area contributed by atoms with Gasteiger partial charge in [0, 0.05) is 23.9 Å². The lowest BCUT2D eigenvalue weighted by Gasteiger charge is -2.07. The molecule has 0 heterocycles. The minimum absolute atomic E-state index is 0.124. The lowest BCUT2D eigenvalue weighted by atomic mass is 10.2. The molecule has 0 bridgehead atoms. The Kier molecular flexibility index (Phi) is 4.26. The van der Waals surface area contributed by atoms with Crippen molar-refractivity contribution >= 4 is 5.69 Å². The summed E-state index contributed by atoms with van der Waals surface area (Å²) in [6.45, 7) is 2.92. The molecule has 1 rings (SSSR count). The number of anilines is 1. The van der Waals surface area contributed by atoms with Crippen LogP contribution in [-0.2, 0) is 6.61 Å². The van der Waals surface area contributed by atoms with E-state index in [1.54, 1.807) is 12.1 Å². The predicted octanol–water partition coefficient (Wildman–Crippen LogP) is 2.10. The highest BCUT2D eigenvalue weighted by Crippen LogP contribution is 2.21. The SMILES string of the molecule is CCCCNc1ccc(CO)c(O)c1. The summed E-state index contributed by atoms with van der Waals surface area (Å²) in [6.07, 6.45) is 2.26. The van der Waals surface area contributed by atoms with Crippen LogP contribution in [0.1, 0.15) is 25.3 Å². The molecule has 0 unspecified atom stereocenters. The van der Waals surface area contributed by atoms with E-state index >= 15 is 0 Å². The zero-order valence-electron chi connectivity index (χ0n) is 8.45. The molecule has 0 aliphatic heterocycles. The van der Waals surface area contributed by atoms with Gasteiger partial charge in [0.05, 0.1) is 6.61 Å². The molecule has 3 heteroatoms. The van der Waals surface area contributed by atoms with Crippen molar-refractivity contribution in [3.63, 3.8) is 0 Å². The van der Waals surface area contributed by atoms with Crippen LogP contribution in [0.3, 0.4) is 0 Å². The van der Waals surface area contributed by atoms with E-state index in [2.05, 4.69) is 12.2 Å². The van der Waals surface area contributed by atoms with Crippen LogP contribution in [0.15, 0.2) is 18.2 Å². The Labute approximate surface area is 84.4 Å². The van der Waals surface area contributed by atoms with E-state index in [1.165, 1.54) is 0 Å². The highest BCUT2D eigenvalue weighted by molar-refractivity contribution is 5.51. The van der Waals surface area contributed by atoms with Gasteiger partial charge in [0.25, 0.3) is 0 Å². The lowest BCUT2D eigenvalue weighted by Crippen LogP contribution is -2.00. The van der Waals surface area contributed by atoms with E-state index in [0.29, 0.717) is 5.56 Å². The van der Waals surface area contributed by atoms with Crippen molar-refractivity contribution in [2.75, 3.05) is 11.9 Å². The molecule has 1 aromatic rings. The van der Waals surface area contributed by atoms with Crippen LogP contribution in [0.2, 0.25) is 0 Å². The molecule has 0 spiro atoms. The van der Waals surface area contributed by atoms with Crippen molar-refractivity contribution in [1.29, 1.82) is 0 Å². The van der Waals surface area contributed by atoms with Crippen LogP contribution in [-0.4, -0.2) is 16.8 Å². The zero-order chi connectivity index (χ0) is 10.4. The van der Waals surface area contributed by atoms with Gasteiger partial charge in [-0.05, 0) is 12.5 Å². The third-order valence-electron chi connectivity index (χ3n) is 2.12. The Hall–Kier alpha value is -1.22. The van der Waals surface area contributed by atoms with Crippen molar-refractivity contribution in [3.05, 3.63) is 23.8 Å². The van der Waals surface area contributed by atoms with Gasteiger partial charge in [-0.1, -0.05) is 19.4 Å². The molecular weight excluding hydrogens is 178 g/mol.